The summed E-state index contributed by atoms with van der Waals surface area (Å²) in [6, 6.07) is 17.1. The van der Waals surface area contributed by atoms with Gasteiger partial charge >= 0.3 is 0 Å². The zero-order valence-corrected chi connectivity index (χ0v) is 43.5. The average Bonchev–Trinajstić information content (AvgIpc) is 3.61. The number of rotatable bonds is 24. The second-order valence-electron chi connectivity index (χ2n) is 15.3. The number of nitrogens with zero attached hydrogens (tertiary/aromatic N) is 6. The van der Waals surface area contributed by atoms with Crippen molar-refractivity contribution in [2.45, 2.75) is 71.6 Å². The number of benzene rings is 3. The van der Waals surface area contributed by atoms with E-state index in [1.807, 2.05) is 48.5 Å². The topological polar surface area (TPSA) is 195 Å². The fourth-order valence-electron chi connectivity index (χ4n) is 7.06. The van der Waals surface area contributed by atoms with Crippen molar-refractivity contribution < 1.29 is 14.4 Å². The summed E-state index contributed by atoms with van der Waals surface area (Å²) in [6.45, 7) is 22.8. The summed E-state index contributed by atoms with van der Waals surface area (Å²) >= 11 is 26.5. The molecule has 368 valence electrons. The molecule has 0 amide bonds. The van der Waals surface area contributed by atoms with Gasteiger partial charge in [0.15, 0.2) is 11.6 Å². The molecule has 15 nitrogen and oxygen atoms in total. The lowest BCUT2D eigenvalue weighted by molar-refractivity contribution is -0.106. The lowest BCUT2D eigenvalue weighted by atomic mass is 9.98. The SMILES string of the molecule is CC=O.CCN(CC)CCCNc1nc(NCCCN(CC)CC)nc(Nc2ccc(SNc3ccc4ccc(C5C(=O)c6c(Cl)c(Cl)c(Cl)c(Cl)c6C5=O)nc4c3)cc2)n1.CCNCCCN. The molecule has 0 spiro atoms. The van der Waals surface area contributed by atoms with Gasteiger partial charge in [-0.2, -0.15) is 15.0 Å². The Morgan fingerprint density at radius 3 is 1.66 bits per heavy atom. The smallest absolute Gasteiger partial charge is 0.233 e. The molecule has 0 atom stereocenters. The molecule has 20 heteroatoms. The Morgan fingerprint density at radius 1 is 0.662 bits per heavy atom. The zero-order valence-electron chi connectivity index (χ0n) is 39.7. The highest BCUT2D eigenvalue weighted by atomic mass is 35.5. The summed E-state index contributed by atoms with van der Waals surface area (Å²) < 4.78 is 3.37. The van der Waals surface area contributed by atoms with Crippen LogP contribution in [0.15, 0.2) is 59.5 Å². The molecule has 68 heavy (non-hydrogen) atoms. The van der Waals surface area contributed by atoms with Crippen molar-refractivity contribution in [3.8, 4) is 0 Å². The number of aldehydes is 1. The van der Waals surface area contributed by atoms with Crippen LogP contribution in [0.25, 0.3) is 10.9 Å². The van der Waals surface area contributed by atoms with Gasteiger partial charge in [0.25, 0.3) is 0 Å². The van der Waals surface area contributed by atoms with E-state index in [0.29, 0.717) is 23.4 Å². The number of halogens is 4. The fraction of sp³-hybridized carbons (Fsp3) is 0.438. The number of anilines is 5. The predicted octanol–water partition coefficient (Wildman–Crippen LogP) is 10.5. The van der Waals surface area contributed by atoms with E-state index in [9.17, 15) is 9.59 Å². The van der Waals surface area contributed by atoms with Gasteiger partial charge in [-0.1, -0.05) is 93.2 Å². The molecule has 0 unspecified atom stereocenters. The van der Waals surface area contributed by atoms with Crippen molar-refractivity contribution in [2.24, 2.45) is 5.73 Å². The molecule has 6 rings (SSSR count). The molecule has 0 bridgehead atoms. The molecule has 1 aliphatic rings. The fourth-order valence-corrected chi connectivity index (χ4v) is 8.73. The van der Waals surface area contributed by atoms with Gasteiger partial charge < -0.3 is 46.3 Å². The number of carbonyl (C=O) groups excluding carboxylic acids is 3. The molecule has 0 aliphatic heterocycles. The zero-order chi connectivity index (χ0) is 49.6. The third kappa shape index (κ3) is 16.1. The van der Waals surface area contributed by atoms with Gasteiger partial charge in [-0.05, 0) is 140 Å². The molecule has 0 fully saturated rings. The van der Waals surface area contributed by atoms with E-state index >= 15 is 0 Å². The normalized spacial score (nSPS) is 12.1. The van der Waals surface area contributed by atoms with E-state index in [1.54, 1.807) is 6.07 Å². The molecule has 0 saturated heterocycles. The Balaban J connectivity index is 0.000000913. The number of Topliss-reactive ketones (excluding diaryl/α,β-unsaturated/α-hetero) is 2. The first-order chi connectivity index (χ1) is 32.9. The molecule has 2 aromatic heterocycles. The van der Waals surface area contributed by atoms with E-state index in [2.05, 4.69) is 85.4 Å². The maximum Gasteiger partial charge on any atom is 0.233 e. The maximum atomic E-state index is 13.5. The van der Waals surface area contributed by atoms with Crippen LogP contribution in [0.1, 0.15) is 93.1 Å². The highest BCUT2D eigenvalue weighted by molar-refractivity contribution is 8.00. The van der Waals surface area contributed by atoms with Crippen LogP contribution in [0.2, 0.25) is 20.1 Å². The van der Waals surface area contributed by atoms with Crippen molar-refractivity contribution in [1.82, 2.24) is 35.1 Å². The lowest BCUT2D eigenvalue weighted by Gasteiger charge is -2.18. The summed E-state index contributed by atoms with van der Waals surface area (Å²) in [5, 5.41) is 13.8. The molecule has 2 heterocycles. The van der Waals surface area contributed by atoms with E-state index in [1.165, 1.54) is 18.9 Å². The van der Waals surface area contributed by atoms with Crippen LogP contribution in [0.5, 0.6) is 0 Å². The van der Waals surface area contributed by atoms with Gasteiger partial charge in [0.05, 0.1) is 42.4 Å². The van der Waals surface area contributed by atoms with Gasteiger partial charge in [-0.3, -0.25) is 14.6 Å². The summed E-state index contributed by atoms with van der Waals surface area (Å²) in [4.78, 5) is 60.2. The first-order valence-electron chi connectivity index (χ1n) is 23.0. The molecule has 3 aromatic carbocycles. The van der Waals surface area contributed by atoms with Crippen molar-refractivity contribution in [3.63, 3.8) is 0 Å². The largest absolute Gasteiger partial charge is 0.354 e. The minimum absolute atomic E-state index is 0.0309. The Labute approximate surface area is 424 Å². The first kappa shape index (κ1) is 56.2. The van der Waals surface area contributed by atoms with Gasteiger partial charge in [0.2, 0.25) is 17.8 Å². The van der Waals surface area contributed by atoms with Gasteiger partial charge in [-0.15, -0.1) is 0 Å². The molecule has 1 aliphatic carbocycles. The molecule has 5 aromatic rings. The van der Waals surface area contributed by atoms with Crippen molar-refractivity contribution in [3.05, 3.63) is 91.5 Å². The van der Waals surface area contributed by atoms with Crippen LogP contribution in [0.4, 0.5) is 29.2 Å². The molecular weight excluding hydrogens is 966 g/mol. The second kappa shape index (κ2) is 29.6. The van der Waals surface area contributed by atoms with E-state index < -0.39 is 17.5 Å². The standard InChI is InChI=1S/C41H46Cl4N10O2S.C5H14N2.C2H4O/c1-5-54(6-2)21-9-19-46-39-50-40(47-20-10-22-55(7-3)8-4)52-41(51-39)48-25-14-16-27(17-15-25)58-53-26-13-11-24-12-18-28(49-29(24)23-26)30-37(56)31-32(38(30)57)34(43)36(45)35(44)33(31)42;1-2-7-5-3-4-6;1-2-3/h11-18,23,30,53H,5-10,19-22H2,1-4H3,(H3,46,47,48,50,51,52);7H,2-6H2,1H3;2H,1H3. The van der Waals surface area contributed by atoms with Crippen LogP contribution in [-0.2, 0) is 4.79 Å². The molecule has 7 N–H and O–H groups in total. The van der Waals surface area contributed by atoms with Crippen LogP contribution < -0.4 is 31.7 Å². The van der Waals surface area contributed by atoms with Crippen LogP contribution in [0, 0.1) is 0 Å². The summed E-state index contributed by atoms with van der Waals surface area (Å²) in [6.07, 6.45) is 3.79. The highest BCUT2D eigenvalue weighted by Gasteiger charge is 2.45. The van der Waals surface area contributed by atoms with E-state index in [-0.39, 0.29) is 36.9 Å². The number of fused-ring (bicyclic) bond motifs is 2. The van der Waals surface area contributed by atoms with Gasteiger partial charge in [0, 0.05) is 34.7 Å². The number of ketones is 2. The van der Waals surface area contributed by atoms with Gasteiger partial charge in [-0.25, -0.2) is 0 Å². The maximum absolute atomic E-state index is 13.5. The minimum atomic E-state index is -1.21. The molecule has 0 saturated carbocycles. The van der Waals surface area contributed by atoms with Crippen LogP contribution in [0.3, 0.4) is 0 Å². The third-order valence-electron chi connectivity index (χ3n) is 10.8. The molecule has 0 radical (unpaired) electrons. The average molecular weight is 1030 g/mol. The number of nitrogens with one attached hydrogen (secondary N) is 5. The second-order valence-corrected chi connectivity index (χ2v) is 17.7. The number of hydrogen-bond donors (Lipinski definition) is 6. The van der Waals surface area contributed by atoms with Crippen LogP contribution >= 0.6 is 58.4 Å². The van der Waals surface area contributed by atoms with Crippen molar-refractivity contribution in [1.29, 1.82) is 0 Å². The van der Waals surface area contributed by atoms with Gasteiger partial charge in [0.1, 0.15) is 12.2 Å². The van der Waals surface area contributed by atoms with Crippen LogP contribution in [-0.4, -0.2) is 120 Å². The summed E-state index contributed by atoms with van der Waals surface area (Å²) in [7, 11) is 0. The number of aromatic nitrogens is 4. The predicted molar refractivity (Wildman–Crippen MR) is 284 cm³/mol. The van der Waals surface area contributed by atoms with Crippen molar-refractivity contribution in [2.75, 3.05) is 92.7 Å². The summed E-state index contributed by atoms with van der Waals surface area (Å²) in [5.41, 5.74) is 7.64. The Hall–Kier alpha value is -4.36. The van der Waals surface area contributed by atoms with E-state index in [4.69, 9.17) is 61.9 Å². The highest BCUT2D eigenvalue weighted by Crippen LogP contribution is 2.48. The quantitative estimate of drug-likeness (QED) is 0.00852. The van der Waals surface area contributed by atoms with E-state index in [0.717, 1.165) is 119 Å². The number of pyridine rings is 1. The van der Waals surface area contributed by atoms with Crippen molar-refractivity contribution >= 4 is 116 Å². The monoisotopic (exact) mass is 1030 g/mol. The third-order valence-corrected chi connectivity index (χ3v) is 13.4. The lowest BCUT2D eigenvalue weighted by Crippen LogP contribution is -2.26. The summed E-state index contributed by atoms with van der Waals surface area (Å²) in [5.74, 6) is -0.771. The number of hydrogen-bond acceptors (Lipinski definition) is 16. The number of nitrogens with two attached hydrogens (primary N) is 1. The number of carbonyl (C=O) groups is 3. The Morgan fingerprint density at radius 2 is 1.16 bits per heavy atom. The molecular formula is C48H64Cl4N12O3S. The Kier molecular flexibility index (Phi) is 24.5. The Bertz CT molecular complexity index is 2320. The first-order valence-corrected chi connectivity index (χ1v) is 25.3. The minimum Gasteiger partial charge on any atom is -0.354 e.